The molecule has 15 aromatic rings. The average Bonchev–Trinajstić information content (AvgIpc) is 1.68. The van der Waals surface area contributed by atoms with E-state index in [1.807, 2.05) is 139 Å². The van der Waals surface area contributed by atoms with Gasteiger partial charge in [-0.25, -0.2) is 59.8 Å². The Bertz CT molecular complexity index is 4840. The number of halogens is 7. The number of rotatable bonds is 4. The summed E-state index contributed by atoms with van der Waals surface area (Å²) in [5, 5.41) is 3.96. The maximum absolute atomic E-state index is 12.7. The Morgan fingerprint density at radius 3 is 1.44 bits per heavy atom. The van der Waals surface area contributed by atoms with Gasteiger partial charge in [-0.1, -0.05) is 52.5 Å². The zero-order valence-corrected chi connectivity index (χ0v) is 56.3. The first kappa shape index (κ1) is 70.7. The minimum atomic E-state index is -4.37. The fourth-order valence-corrected chi connectivity index (χ4v) is 9.39. The van der Waals surface area contributed by atoms with Gasteiger partial charge in [0.15, 0.2) is 0 Å². The maximum atomic E-state index is 12.7. The Morgan fingerprint density at radius 2 is 0.958 bits per heavy atom. The molecular formula is C63H56BBrCl3F3N23S. The van der Waals surface area contributed by atoms with Gasteiger partial charge in [-0.3, -0.25) is 32.6 Å². The molecule has 0 atom stereocenters. The van der Waals surface area contributed by atoms with Crippen LogP contribution in [-0.4, -0.2) is 104 Å². The predicted molar refractivity (Wildman–Crippen MR) is 370 cm³/mol. The molecular weight excluding hydrogens is 1360 g/mol. The molecule has 0 bridgehead atoms. The Labute approximate surface area is 571 Å². The molecule has 0 saturated heterocycles. The normalized spacial score (nSPS) is 10.5. The van der Waals surface area contributed by atoms with Gasteiger partial charge in [-0.15, -0.1) is 0 Å². The van der Waals surface area contributed by atoms with Crippen LogP contribution in [0.3, 0.4) is 0 Å². The zero-order chi connectivity index (χ0) is 68.2. The molecule has 32 heteroatoms. The number of aromatic nitrogens is 20. The molecule has 95 heavy (non-hydrogen) atoms. The number of imidazole rings is 4. The first-order valence-corrected chi connectivity index (χ1v) is 30.4. The summed E-state index contributed by atoms with van der Waals surface area (Å²) in [5.41, 5.74) is 17.2. The number of hydrogen-bond donors (Lipinski definition) is 3. The Kier molecular flexibility index (Phi) is 25.0. The minimum absolute atomic E-state index is 0.317. The average molecular weight is 1420 g/mol. The molecule has 3 N–H and O–H groups in total. The summed E-state index contributed by atoms with van der Waals surface area (Å²) in [4.78, 5) is 62.2. The molecule has 481 valence electrons. The van der Waals surface area contributed by atoms with E-state index in [1.54, 1.807) is 53.8 Å². The molecule has 0 aliphatic rings. The molecule has 13 aromatic heterocycles. The van der Waals surface area contributed by atoms with Crippen LogP contribution < -0.4 is 11.1 Å². The van der Waals surface area contributed by atoms with Crippen LogP contribution in [0.15, 0.2) is 199 Å². The number of nitrogens with two attached hydrogens (primary N) is 1. The van der Waals surface area contributed by atoms with E-state index in [4.69, 9.17) is 40.5 Å². The Morgan fingerprint density at radius 1 is 0.516 bits per heavy atom. The summed E-state index contributed by atoms with van der Waals surface area (Å²) in [5.74, 6) is 3.11. The van der Waals surface area contributed by atoms with Gasteiger partial charge < -0.3 is 15.5 Å². The summed E-state index contributed by atoms with van der Waals surface area (Å²) in [6.07, 6.45) is 25.0. The Balaban J connectivity index is 0.000000148. The Hall–Kier alpha value is -10.2. The second-order valence-corrected chi connectivity index (χ2v) is 22.0. The van der Waals surface area contributed by atoms with E-state index in [9.17, 15) is 13.2 Å². The van der Waals surface area contributed by atoms with Crippen molar-refractivity contribution in [3.05, 3.63) is 255 Å². The van der Waals surface area contributed by atoms with E-state index >= 15 is 0 Å². The van der Waals surface area contributed by atoms with Gasteiger partial charge in [0, 0.05) is 85.2 Å². The number of nitrogen functional groups attached to an aromatic ring is 1. The van der Waals surface area contributed by atoms with Crippen LogP contribution in [0.2, 0.25) is 15.5 Å². The van der Waals surface area contributed by atoms with E-state index in [-0.39, 0.29) is 0 Å². The van der Waals surface area contributed by atoms with Crippen molar-refractivity contribution in [2.24, 2.45) is 4.30 Å². The van der Waals surface area contributed by atoms with Crippen LogP contribution in [0.5, 0.6) is 0 Å². The summed E-state index contributed by atoms with van der Waals surface area (Å²) in [6, 6.07) is 23.9. The summed E-state index contributed by atoms with van der Waals surface area (Å²) < 4.78 is 51.2. The molecule has 0 spiro atoms. The molecule has 0 saturated carbocycles. The van der Waals surface area contributed by atoms with E-state index in [2.05, 4.69) is 140 Å². The first-order chi connectivity index (χ1) is 45.6. The summed E-state index contributed by atoms with van der Waals surface area (Å²) in [6.45, 7) is 13.8. The van der Waals surface area contributed by atoms with Crippen LogP contribution >= 0.6 is 63.5 Å². The first-order valence-electron chi connectivity index (χ1n) is 28.0. The third-order valence-corrected chi connectivity index (χ3v) is 14.4. The number of aryl methyl sites for hydroxylation is 7. The third-order valence-electron chi connectivity index (χ3n) is 12.9. The number of nitrogens with one attached hydrogen (secondary N) is 1. The van der Waals surface area contributed by atoms with Gasteiger partial charge in [0.1, 0.15) is 42.9 Å². The van der Waals surface area contributed by atoms with E-state index in [0.29, 0.717) is 49.9 Å². The molecule has 2 aromatic carbocycles. The third kappa shape index (κ3) is 19.7. The standard InChI is InChI=1S/C18H13F3N6.C11H8ClN5.C8H9N3.C8H8N2.C7H6BrN3.C7H9N.C4H2Cl2N2.BHNS/c1-11-16(27-8-2-7-23-17(27)24-11)14-9-22-10-15(26-14)25-13-5-3-12(4-6-13)18(19,20)21;1-7-10(8-5-13-6-9(12)16-8)17-4-2-3-14-11(17)15-7;1-6-7(2)11-5-3-4-9-8(11)10-6;1-7-5-8-9-3-2-4-10(8)6-7;1-5-6(8)11-4-2-3-9-7(11)10-5;1-6-2-4-7(8)5-3-6;5-3-1-7-2-4(6)8-3;1-2-3/h2-10H,1H3,(H,25,26);2-6H,1H3;3-5H,1-2H3;2-6H,1H3;2-4H,1H3;2-5H,8H2,1H3;1-2H;3H. The molecule has 0 amide bonds. The van der Waals surface area contributed by atoms with Crippen molar-refractivity contribution in [1.82, 2.24) is 96.8 Å². The van der Waals surface area contributed by atoms with Gasteiger partial charge in [0.2, 0.25) is 23.1 Å². The molecule has 0 unspecified atom stereocenters. The summed E-state index contributed by atoms with van der Waals surface area (Å²) in [7, 11) is 4.34. The van der Waals surface area contributed by atoms with Crippen molar-refractivity contribution in [1.29, 1.82) is 0 Å². The fraction of sp³-hybridized carbons (Fsp3) is 0.127. The SMILES string of the molecule is Cc1cc2ncccn2c1.Cc1ccc(N)cc1.Cc1nc2ncccn2c1-c1cncc(Cl)n1.Cc1nc2ncccn2c1-c1cncc(Nc2ccc(C(F)(F)F)cc2)n1.Cc1nc2ncccn2c1Br.Cc1nc2ncccn2c1C.Clc1cncc(Cl)n1.[B]=NS. The number of nitrogens with zero attached hydrogens (tertiary/aromatic N) is 21. The second kappa shape index (κ2) is 33.6. The number of alkyl halides is 3. The molecule has 0 aliphatic carbocycles. The number of hydrogen-bond acceptors (Lipinski definition) is 19. The van der Waals surface area contributed by atoms with Crippen molar-refractivity contribution in [3.8, 4) is 22.8 Å². The van der Waals surface area contributed by atoms with Crippen LogP contribution in [0, 0.1) is 48.5 Å². The molecule has 1 radical (unpaired) electrons. The monoisotopic (exact) mass is 1420 g/mol. The van der Waals surface area contributed by atoms with Crippen LogP contribution in [0.4, 0.5) is 30.4 Å². The van der Waals surface area contributed by atoms with Crippen molar-refractivity contribution in [2.45, 2.75) is 54.6 Å². The van der Waals surface area contributed by atoms with Crippen molar-refractivity contribution in [2.75, 3.05) is 11.1 Å². The quantitative estimate of drug-likeness (QED) is 0.0840. The van der Waals surface area contributed by atoms with Gasteiger partial charge in [0.05, 0.1) is 76.9 Å². The van der Waals surface area contributed by atoms with Gasteiger partial charge in [-0.05, 0) is 143 Å². The van der Waals surface area contributed by atoms with Crippen LogP contribution in [0.25, 0.3) is 51.5 Å². The summed E-state index contributed by atoms with van der Waals surface area (Å²) >= 11 is 23.2. The molecule has 13 heterocycles. The van der Waals surface area contributed by atoms with Gasteiger partial charge in [-0.2, -0.15) is 13.2 Å². The molecule has 0 fully saturated rings. The van der Waals surface area contributed by atoms with Gasteiger partial charge in [0.25, 0.3) is 0 Å². The predicted octanol–water partition coefficient (Wildman–Crippen LogP) is 14.7. The van der Waals surface area contributed by atoms with E-state index < -0.39 is 11.7 Å². The number of anilines is 3. The fourth-order valence-electron chi connectivity index (χ4n) is 8.54. The topological polar surface area (TPSA) is 266 Å². The molecule has 23 nitrogen and oxygen atoms in total. The number of thiol groups is 1. The number of benzene rings is 2. The van der Waals surface area contributed by atoms with Crippen LogP contribution in [0.1, 0.15) is 45.2 Å². The second-order valence-electron chi connectivity index (χ2n) is 19.8. The van der Waals surface area contributed by atoms with Gasteiger partial charge >= 0.3 is 30.9 Å². The zero-order valence-electron chi connectivity index (χ0n) is 51.5. The van der Waals surface area contributed by atoms with E-state index in [0.717, 1.165) is 79.5 Å². The van der Waals surface area contributed by atoms with Crippen LogP contribution in [-0.2, 0) is 6.18 Å². The molecule has 15 rings (SSSR count). The number of fused-ring (bicyclic) bond motifs is 5. The van der Waals surface area contributed by atoms with Crippen molar-refractivity contribution >= 4 is 117 Å². The molecule has 0 aliphatic heterocycles. The van der Waals surface area contributed by atoms with Crippen molar-refractivity contribution in [3.63, 3.8) is 0 Å². The van der Waals surface area contributed by atoms with Crippen molar-refractivity contribution < 1.29 is 13.2 Å². The van der Waals surface area contributed by atoms with E-state index in [1.165, 1.54) is 48.0 Å².